The zero-order chi connectivity index (χ0) is 15.5. The Bertz CT molecular complexity index is 696. The van der Waals surface area contributed by atoms with E-state index < -0.39 is 12.6 Å². The van der Waals surface area contributed by atoms with Crippen molar-refractivity contribution in [2.45, 2.75) is 13.0 Å². The predicted molar refractivity (Wildman–Crippen MR) is 80.1 cm³/mol. The number of amides is 1. The lowest BCUT2D eigenvalue weighted by atomic mass is 10.1. The number of aromatic nitrogens is 1. The first kappa shape index (κ1) is 14.5. The van der Waals surface area contributed by atoms with Gasteiger partial charge >= 0.3 is 5.97 Å². The van der Waals surface area contributed by atoms with Crippen LogP contribution in [0.25, 0.3) is 0 Å². The molecule has 0 spiro atoms. The Morgan fingerprint density at radius 1 is 1.32 bits per heavy atom. The van der Waals surface area contributed by atoms with Crippen molar-refractivity contribution in [3.05, 3.63) is 45.9 Å². The second kappa shape index (κ2) is 6.15. The maximum Gasteiger partial charge on any atom is 0.341 e. The van der Waals surface area contributed by atoms with Gasteiger partial charge in [-0.05, 0) is 24.3 Å². The van der Waals surface area contributed by atoms with Crippen molar-refractivity contribution in [2.75, 3.05) is 13.2 Å². The van der Waals surface area contributed by atoms with Gasteiger partial charge in [0.15, 0.2) is 6.61 Å². The fraction of sp³-hybridized carbons (Fsp3) is 0.267. The van der Waals surface area contributed by atoms with Gasteiger partial charge in [0, 0.05) is 23.4 Å². The van der Waals surface area contributed by atoms with Crippen LogP contribution < -0.4 is 4.74 Å². The quantitative estimate of drug-likeness (QED) is 0.930. The summed E-state index contributed by atoms with van der Waals surface area (Å²) in [7, 11) is 0. The summed E-state index contributed by atoms with van der Waals surface area (Å²) in [5, 5.41) is 8.56. The van der Waals surface area contributed by atoms with Gasteiger partial charge in [-0.25, -0.2) is 9.78 Å². The third-order valence-electron chi connectivity index (χ3n) is 3.43. The summed E-state index contributed by atoms with van der Waals surface area (Å²) < 4.78 is 5.05. The third-order valence-corrected chi connectivity index (χ3v) is 4.29. The summed E-state index contributed by atoms with van der Waals surface area (Å²) in [5.41, 5.74) is 3.47. The molecule has 0 radical (unpaired) electrons. The van der Waals surface area contributed by atoms with Crippen LogP contribution in [-0.2, 0) is 17.8 Å². The average molecular weight is 318 g/mol. The van der Waals surface area contributed by atoms with Crippen LogP contribution in [0.2, 0.25) is 0 Å². The molecule has 1 aliphatic heterocycles. The summed E-state index contributed by atoms with van der Waals surface area (Å²) in [6.45, 7) is 0.858. The molecule has 1 aromatic heterocycles. The van der Waals surface area contributed by atoms with Crippen LogP contribution >= 0.6 is 11.3 Å². The van der Waals surface area contributed by atoms with Crippen molar-refractivity contribution < 1.29 is 19.4 Å². The molecule has 1 amide bonds. The topological polar surface area (TPSA) is 79.7 Å². The Labute approximate surface area is 131 Å². The van der Waals surface area contributed by atoms with E-state index >= 15 is 0 Å². The number of carboxylic acid groups (broad SMARTS) is 1. The van der Waals surface area contributed by atoms with E-state index in [9.17, 15) is 9.59 Å². The minimum atomic E-state index is -1.03. The van der Waals surface area contributed by atoms with Gasteiger partial charge < -0.3 is 14.7 Å². The number of aliphatic carboxylic acids is 1. The van der Waals surface area contributed by atoms with Crippen molar-refractivity contribution in [2.24, 2.45) is 0 Å². The van der Waals surface area contributed by atoms with Crippen LogP contribution in [-0.4, -0.2) is 40.0 Å². The molecule has 2 aromatic rings. The van der Waals surface area contributed by atoms with Gasteiger partial charge in [-0.2, -0.15) is 0 Å². The lowest BCUT2D eigenvalue weighted by Gasteiger charge is -2.26. The Kier molecular flexibility index (Phi) is 4.06. The number of rotatable bonds is 4. The zero-order valence-corrected chi connectivity index (χ0v) is 12.5. The largest absolute Gasteiger partial charge is 0.482 e. The number of hydrogen-bond acceptors (Lipinski definition) is 5. The third kappa shape index (κ3) is 3.09. The summed E-state index contributed by atoms with van der Waals surface area (Å²) in [6.07, 6.45) is 0.782. The molecular formula is C15H14N2O4S. The second-order valence-corrected chi connectivity index (χ2v) is 5.85. The van der Waals surface area contributed by atoms with Crippen molar-refractivity contribution in [1.82, 2.24) is 9.88 Å². The Hall–Kier alpha value is -2.41. The number of thiazole rings is 1. The van der Waals surface area contributed by atoms with E-state index in [1.54, 1.807) is 40.5 Å². The van der Waals surface area contributed by atoms with Crippen molar-refractivity contribution in [3.63, 3.8) is 0 Å². The SMILES string of the molecule is O=C(O)COc1ccc(C(=O)N2CCc3ncsc3C2)cc1. The van der Waals surface area contributed by atoms with E-state index in [0.29, 0.717) is 24.4 Å². The Morgan fingerprint density at radius 2 is 2.09 bits per heavy atom. The number of carbonyl (C=O) groups is 2. The molecule has 0 unspecified atom stereocenters. The molecule has 3 rings (SSSR count). The molecule has 1 aromatic carbocycles. The Balaban J connectivity index is 1.66. The standard InChI is InChI=1S/C15H14N2O4S/c18-14(19)8-21-11-3-1-10(2-4-11)15(20)17-6-5-12-13(7-17)22-9-16-12/h1-4,9H,5-8H2,(H,18,19). The molecule has 0 saturated carbocycles. The van der Waals surface area contributed by atoms with Gasteiger partial charge in [0.05, 0.1) is 17.7 Å². The first-order valence-electron chi connectivity index (χ1n) is 6.78. The maximum absolute atomic E-state index is 12.5. The summed E-state index contributed by atoms with van der Waals surface area (Å²) in [5.74, 6) is -0.639. The van der Waals surface area contributed by atoms with E-state index in [1.807, 2.05) is 5.51 Å². The monoisotopic (exact) mass is 318 g/mol. The van der Waals surface area contributed by atoms with Gasteiger partial charge in [0.2, 0.25) is 0 Å². The fourth-order valence-corrected chi connectivity index (χ4v) is 3.14. The van der Waals surface area contributed by atoms with Gasteiger partial charge in [-0.3, -0.25) is 4.79 Å². The molecule has 0 atom stereocenters. The number of carbonyl (C=O) groups excluding carboxylic acids is 1. The first-order valence-corrected chi connectivity index (χ1v) is 7.66. The van der Waals surface area contributed by atoms with Crippen LogP contribution in [0, 0.1) is 0 Å². The molecule has 22 heavy (non-hydrogen) atoms. The second-order valence-electron chi connectivity index (χ2n) is 4.91. The minimum absolute atomic E-state index is 0.0381. The molecule has 1 aliphatic rings. The number of nitrogens with zero attached hydrogens (tertiary/aromatic N) is 2. The van der Waals surface area contributed by atoms with E-state index in [2.05, 4.69) is 4.98 Å². The number of benzene rings is 1. The smallest absolute Gasteiger partial charge is 0.341 e. The molecule has 1 N–H and O–H groups in total. The molecule has 0 fully saturated rings. The van der Waals surface area contributed by atoms with Crippen LogP contribution in [0.3, 0.4) is 0 Å². The molecule has 0 bridgehead atoms. The molecule has 6 nitrogen and oxygen atoms in total. The molecule has 114 valence electrons. The molecule has 0 aliphatic carbocycles. The highest BCUT2D eigenvalue weighted by Crippen LogP contribution is 2.23. The van der Waals surface area contributed by atoms with Crippen molar-refractivity contribution in [1.29, 1.82) is 0 Å². The summed E-state index contributed by atoms with van der Waals surface area (Å²) in [6, 6.07) is 6.53. The minimum Gasteiger partial charge on any atom is -0.482 e. The highest BCUT2D eigenvalue weighted by molar-refractivity contribution is 7.09. The molecule has 2 heterocycles. The lowest BCUT2D eigenvalue weighted by Crippen LogP contribution is -2.35. The predicted octanol–water partition coefficient (Wildman–Crippen LogP) is 1.80. The van der Waals surface area contributed by atoms with Crippen molar-refractivity contribution >= 4 is 23.2 Å². The summed E-state index contributed by atoms with van der Waals surface area (Å²) >= 11 is 1.57. The lowest BCUT2D eigenvalue weighted by molar-refractivity contribution is -0.139. The highest BCUT2D eigenvalue weighted by atomic mass is 32.1. The molecular weight excluding hydrogens is 304 g/mol. The average Bonchev–Trinajstić information content (AvgIpc) is 3.00. The van der Waals surface area contributed by atoms with Crippen molar-refractivity contribution in [3.8, 4) is 5.75 Å². The van der Waals surface area contributed by atoms with Crippen LogP contribution in [0.5, 0.6) is 5.75 Å². The van der Waals surface area contributed by atoms with E-state index in [0.717, 1.165) is 17.0 Å². The number of carboxylic acids is 1. The normalized spacial score (nSPS) is 13.5. The van der Waals surface area contributed by atoms with Gasteiger partial charge in [0.25, 0.3) is 5.91 Å². The van der Waals surface area contributed by atoms with E-state index in [1.165, 1.54) is 0 Å². The maximum atomic E-state index is 12.5. The van der Waals surface area contributed by atoms with E-state index in [-0.39, 0.29) is 5.91 Å². The highest BCUT2D eigenvalue weighted by Gasteiger charge is 2.23. The molecule has 0 saturated heterocycles. The number of ether oxygens (including phenoxy) is 1. The Morgan fingerprint density at radius 3 is 2.82 bits per heavy atom. The number of fused-ring (bicyclic) bond motifs is 1. The zero-order valence-electron chi connectivity index (χ0n) is 11.7. The summed E-state index contributed by atoms with van der Waals surface area (Å²) in [4.78, 5) is 30.2. The van der Waals surface area contributed by atoms with Crippen LogP contribution in [0.1, 0.15) is 20.9 Å². The fourth-order valence-electron chi connectivity index (χ4n) is 2.31. The van der Waals surface area contributed by atoms with Gasteiger partial charge in [-0.15, -0.1) is 11.3 Å². The van der Waals surface area contributed by atoms with Gasteiger partial charge in [-0.1, -0.05) is 0 Å². The first-order chi connectivity index (χ1) is 10.6. The van der Waals surface area contributed by atoms with Gasteiger partial charge in [0.1, 0.15) is 5.75 Å². The number of hydrogen-bond donors (Lipinski definition) is 1. The molecule has 7 heteroatoms. The van der Waals surface area contributed by atoms with Crippen LogP contribution in [0.4, 0.5) is 0 Å². The van der Waals surface area contributed by atoms with Crippen LogP contribution in [0.15, 0.2) is 29.8 Å². The van der Waals surface area contributed by atoms with E-state index in [4.69, 9.17) is 9.84 Å².